The number of Topliss-reactive ketones (excluding diaryl/α,β-unsaturated/α-hetero) is 1. The Bertz CT molecular complexity index is 1200. The van der Waals surface area contributed by atoms with Gasteiger partial charge in [0.2, 0.25) is 0 Å². The van der Waals surface area contributed by atoms with E-state index in [2.05, 4.69) is 15.6 Å². The molecular formula is C26H27FN2O3. The first-order valence-corrected chi connectivity index (χ1v) is 11.4. The molecule has 0 radical (unpaired) electrons. The molecule has 0 aliphatic heterocycles. The molecule has 2 aliphatic carbocycles. The van der Waals surface area contributed by atoms with Crippen molar-refractivity contribution < 1.29 is 19.1 Å². The zero-order valence-electron chi connectivity index (χ0n) is 18.0. The monoisotopic (exact) mass is 434 g/mol. The van der Waals surface area contributed by atoms with Crippen LogP contribution in [0.2, 0.25) is 0 Å². The fourth-order valence-electron chi connectivity index (χ4n) is 5.25. The van der Waals surface area contributed by atoms with Crippen LogP contribution in [0, 0.1) is 17.2 Å². The Kier molecular flexibility index (Phi) is 5.31. The van der Waals surface area contributed by atoms with E-state index in [1.54, 1.807) is 18.3 Å². The minimum absolute atomic E-state index is 0.0574. The maximum Gasteiger partial charge on any atom is 0.309 e. The average molecular weight is 435 g/mol. The van der Waals surface area contributed by atoms with Crippen molar-refractivity contribution in [1.82, 2.24) is 9.55 Å². The van der Waals surface area contributed by atoms with Gasteiger partial charge in [-0.05, 0) is 80.3 Å². The summed E-state index contributed by atoms with van der Waals surface area (Å²) in [6.07, 6.45) is 7.20. The van der Waals surface area contributed by atoms with E-state index in [0.29, 0.717) is 32.2 Å². The van der Waals surface area contributed by atoms with E-state index in [4.69, 9.17) is 0 Å². The lowest BCUT2D eigenvalue weighted by Gasteiger charge is -2.24. The molecule has 3 aromatic rings. The third kappa shape index (κ3) is 3.83. The number of carbonyl (C=O) groups excluding carboxylic acids is 1. The number of hydrogen-bond donors (Lipinski definition) is 1. The van der Waals surface area contributed by atoms with Gasteiger partial charge >= 0.3 is 5.97 Å². The van der Waals surface area contributed by atoms with Crippen molar-refractivity contribution in [3.05, 3.63) is 65.2 Å². The van der Waals surface area contributed by atoms with Crippen molar-refractivity contribution in [1.29, 1.82) is 0 Å². The Morgan fingerprint density at radius 2 is 2.06 bits per heavy atom. The molecule has 1 saturated carbocycles. The molecule has 32 heavy (non-hydrogen) atoms. The average Bonchev–Trinajstić information content (AvgIpc) is 3.52. The second-order valence-corrected chi connectivity index (χ2v) is 9.36. The van der Waals surface area contributed by atoms with E-state index in [0.717, 1.165) is 48.0 Å². The molecule has 5 rings (SSSR count). The van der Waals surface area contributed by atoms with Crippen LogP contribution < -0.4 is 0 Å². The highest BCUT2D eigenvalue weighted by molar-refractivity contribution is 5.85. The number of aromatic nitrogens is 2. The number of carbonyl (C=O) groups is 2. The summed E-state index contributed by atoms with van der Waals surface area (Å²) in [6.45, 7) is 0.517. The van der Waals surface area contributed by atoms with E-state index in [1.165, 1.54) is 11.6 Å². The number of carboxylic acid groups (broad SMARTS) is 1. The highest BCUT2D eigenvalue weighted by Crippen LogP contribution is 2.50. The minimum atomic E-state index is -0.721. The van der Waals surface area contributed by atoms with Gasteiger partial charge in [-0.1, -0.05) is 12.1 Å². The van der Waals surface area contributed by atoms with Crippen LogP contribution in [0.5, 0.6) is 0 Å². The summed E-state index contributed by atoms with van der Waals surface area (Å²) in [6, 6.07) is 10.6. The van der Waals surface area contributed by atoms with Gasteiger partial charge in [-0.15, -0.1) is 0 Å². The van der Waals surface area contributed by atoms with Crippen molar-refractivity contribution >= 4 is 22.8 Å². The number of aryl methyl sites for hydroxylation is 1. The van der Waals surface area contributed by atoms with Crippen molar-refractivity contribution in [2.75, 3.05) is 0 Å². The summed E-state index contributed by atoms with van der Waals surface area (Å²) in [4.78, 5) is 29.0. The van der Waals surface area contributed by atoms with Crippen molar-refractivity contribution in [2.45, 2.75) is 57.9 Å². The number of ketones is 1. The lowest BCUT2D eigenvalue weighted by Crippen LogP contribution is -2.24. The first-order valence-electron chi connectivity index (χ1n) is 11.4. The molecule has 6 heteroatoms. The lowest BCUT2D eigenvalue weighted by atomic mass is 9.82. The van der Waals surface area contributed by atoms with Crippen LogP contribution in [0.3, 0.4) is 0 Å². The third-order valence-electron chi connectivity index (χ3n) is 7.29. The van der Waals surface area contributed by atoms with E-state index < -0.39 is 11.4 Å². The minimum Gasteiger partial charge on any atom is -0.481 e. The van der Waals surface area contributed by atoms with E-state index >= 15 is 0 Å². The molecule has 1 N–H and O–H groups in total. The second kappa shape index (κ2) is 8.15. The van der Waals surface area contributed by atoms with Crippen LogP contribution >= 0.6 is 0 Å². The number of hydrogen-bond acceptors (Lipinski definition) is 3. The maximum atomic E-state index is 13.8. The Hall–Kier alpha value is -3.02. The highest BCUT2D eigenvalue weighted by Gasteiger charge is 2.49. The number of aliphatic carboxylic acids is 1. The van der Waals surface area contributed by atoms with Crippen LogP contribution in [0.4, 0.5) is 4.39 Å². The Balaban J connectivity index is 1.36. The molecule has 2 aliphatic rings. The van der Waals surface area contributed by atoms with Crippen LogP contribution in [0.25, 0.3) is 11.0 Å². The molecule has 0 amide bonds. The maximum absolute atomic E-state index is 13.8. The van der Waals surface area contributed by atoms with Gasteiger partial charge in [0.25, 0.3) is 0 Å². The number of rotatable bonds is 8. The molecule has 2 heterocycles. The van der Waals surface area contributed by atoms with Gasteiger partial charge < -0.3 is 9.67 Å². The summed E-state index contributed by atoms with van der Waals surface area (Å²) >= 11 is 0. The normalized spacial score (nSPS) is 19.0. The number of halogens is 1. The first kappa shape index (κ1) is 20.9. The predicted octanol–water partition coefficient (Wildman–Crippen LogP) is 4.93. The molecule has 0 bridgehead atoms. The molecule has 166 valence electrons. The van der Waals surface area contributed by atoms with Gasteiger partial charge in [0, 0.05) is 36.2 Å². The van der Waals surface area contributed by atoms with Gasteiger partial charge in [-0.25, -0.2) is 9.37 Å². The summed E-state index contributed by atoms with van der Waals surface area (Å²) in [7, 11) is 0. The molecule has 5 nitrogen and oxygen atoms in total. The molecule has 1 fully saturated rings. The van der Waals surface area contributed by atoms with Gasteiger partial charge in [-0.3, -0.25) is 9.59 Å². The predicted molar refractivity (Wildman–Crippen MR) is 119 cm³/mol. The number of carboxylic acids is 1. The molecule has 0 spiro atoms. The Labute approximate surface area is 186 Å². The fraction of sp³-hybridized carbons (Fsp3) is 0.423. The number of fused-ring (bicyclic) bond motifs is 3. The molecule has 2 aromatic heterocycles. The number of pyridine rings is 1. The third-order valence-corrected chi connectivity index (χ3v) is 7.29. The largest absolute Gasteiger partial charge is 0.481 e. The summed E-state index contributed by atoms with van der Waals surface area (Å²) in [5, 5.41) is 10.5. The Morgan fingerprint density at radius 3 is 2.81 bits per heavy atom. The van der Waals surface area contributed by atoms with E-state index in [9.17, 15) is 19.1 Å². The van der Waals surface area contributed by atoms with E-state index in [1.807, 2.05) is 12.1 Å². The summed E-state index contributed by atoms with van der Waals surface area (Å²) in [5.41, 5.74) is 3.55. The van der Waals surface area contributed by atoms with E-state index in [-0.39, 0.29) is 17.5 Å². The zero-order valence-corrected chi connectivity index (χ0v) is 18.0. The SMILES string of the molecule is O=C(CCCC1(C(=O)O)CC1)C1CCc2c(n(Cc3cccc(F)c3)c3ncccc23)C1. The molecule has 0 saturated heterocycles. The summed E-state index contributed by atoms with van der Waals surface area (Å²) < 4.78 is 15.9. The zero-order chi connectivity index (χ0) is 22.3. The van der Waals surface area contributed by atoms with Crippen LogP contribution in [-0.2, 0) is 29.0 Å². The topological polar surface area (TPSA) is 72.2 Å². The van der Waals surface area contributed by atoms with Crippen LogP contribution in [-0.4, -0.2) is 26.4 Å². The Morgan fingerprint density at radius 1 is 1.22 bits per heavy atom. The fourth-order valence-corrected chi connectivity index (χ4v) is 5.25. The first-order chi connectivity index (χ1) is 15.5. The molecule has 1 unspecified atom stereocenters. The van der Waals surface area contributed by atoms with Gasteiger partial charge in [0.15, 0.2) is 0 Å². The highest BCUT2D eigenvalue weighted by atomic mass is 19.1. The van der Waals surface area contributed by atoms with Crippen molar-refractivity contribution in [3.63, 3.8) is 0 Å². The molecular weight excluding hydrogens is 407 g/mol. The lowest BCUT2D eigenvalue weighted by molar-refractivity contribution is -0.143. The van der Waals surface area contributed by atoms with Crippen LogP contribution in [0.1, 0.15) is 55.3 Å². The number of nitrogens with zero attached hydrogens (tertiary/aromatic N) is 2. The van der Waals surface area contributed by atoms with Crippen molar-refractivity contribution in [2.24, 2.45) is 11.3 Å². The van der Waals surface area contributed by atoms with Crippen molar-refractivity contribution in [3.8, 4) is 0 Å². The van der Waals surface area contributed by atoms with Crippen LogP contribution in [0.15, 0.2) is 42.6 Å². The van der Waals surface area contributed by atoms with Gasteiger partial charge in [-0.2, -0.15) is 0 Å². The number of benzene rings is 1. The summed E-state index contributed by atoms with van der Waals surface area (Å²) in [5.74, 6) is -0.810. The standard InChI is InChI=1S/C26H27FN2O3/c27-19-5-1-4-17(14-19)16-29-22-15-18(8-9-20(22)21-6-3-13-28-24(21)29)23(30)7-2-10-26(11-12-26)25(31)32/h1,3-6,13-14,18H,2,7-12,15-16H2,(H,31,32). The second-order valence-electron chi connectivity index (χ2n) is 9.36. The van der Waals surface area contributed by atoms with Gasteiger partial charge in [0.05, 0.1) is 5.41 Å². The smallest absolute Gasteiger partial charge is 0.309 e. The van der Waals surface area contributed by atoms with Gasteiger partial charge in [0.1, 0.15) is 17.2 Å². The quantitative estimate of drug-likeness (QED) is 0.546. The molecule has 1 atom stereocenters. The molecule has 1 aromatic carbocycles.